The van der Waals surface area contributed by atoms with Crippen LogP contribution < -0.4 is 16.6 Å². The number of hydrogen-bond donors (Lipinski definition) is 3. The highest BCUT2D eigenvalue weighted by Crippen LogP contribution is 2.25. The van der Waals surface area contributed by atoms with Gasteiger partial charge in [-0.1, -0.05) is 0 Å². The van der Waals surface area contributed by atoms with Gasteiger partial charge in [-0.3, -0.25) is 20.4 Å². The Morgan fingerprint density at radius 1 is 1.24 bits per heavy atom. The summed E-state index contributed by atoms with van der Waals surface area (Å²) >= 11 is 0. The lowest BCUT2D eigenvalue weighted by Crippen LogP contribution is -2.56. The minimum Gasteiger partial charge on any atom is -0.383 e. The molecule has 0 aromatic carbocycles. The quantitative estimate of drug-likeness (QED) is 0.685. The molecule has 1 aliphatic heterocycles. The van der Waals surface area contributed by atoms with Gasteiger partial charge in [0.15, 0.2) is 5.60 Å². The number of rotatable bonds is 3. The second kappa shape index (κ2) is 7.37. The third kappa shape index (κ3) is 3.59. The first-order chi connectivity index (χ1) is 12.1. The van der Waals surface area contributed by atoms with Crippen LogP contribution >= 0.6 is 0 Å². The van der Waals surface area contributed by atoms with E-state index in [-0.39, 0.29) is 11.4 Å². The van der Waals surface area contributed by atoms with E-state index in [0.717, 1.165) is 36.9 Å². The van der Waals surface area contributed by atoms with Gasteiger partial charge in [0.25, 0.3) is 11.8 Å². The topological polar surface area (TPSA) is 116 Å². The van der Waals surface area contributed by atoms with Crippen LogP contribution in [0, 0.1) is 0 Å². The number of hydrazine groups is 1. The minimum atomic E-state index is -0.981. The van der Waals surface area contributed by atoms with Crippen LogP contribution in [0.15, 0.2) is 6.07 Å². The van der Waals surface area contributed by atoms with Gasteiger partial charge in [-0.05, 0) is 37.3 Å². The molecule has 2 heterocycles. The Hall–Kier alpha value is -2.19. The Morgan fingerprint density at radius 2 is 1.96 bits per heavy atom. The number of pyridine rings is 1. The third-order valence-corrected chi connectivity index (χ3v) is 4.97. The molecule has 8 heteroatoms. The molecular weight excluding hydrogens is 324 g/mol. The van der Waals surface area contributed by atoms with Crippen LogP contribution in [0.2, 0.25) is 0 Å². The van der Waals surface area contributed by atoms with Crippen molar-refractivity contribution in [1.29, 1.82) is 0 Å². The number of nitrogen functional groups attached to an aromatic ring is 1. The lowest BCUT2D eigenvalue weighted by molar-refractivity contribution is -0.155. The molecule has 2 amide bonds. The second-order valence-corrected chi connectivity index (χ2v) is 6.45. The highest BCUT2D eigenvalue weighted by atomic mass is 16.5. The Labute approximate surface area is 146 Å². The number of carbonyl (C=O) groups excluding carboxylic acids is 2. The lowest BCUT2D eigenvalue weighted by Gasteiger charge is -2.34. The summed E-state index contributed by atoms with van der Waals surface area (Å²) in [5, 5.41) is 0. The van der Waals surface area contributed by atoms with Gasteiger partial charge in [-0.25, -0.2) is 4.98 Å². The first kappa shape index (κ1) is 17.6. The van der Waals surface area contributed by atoms with Crippen molar-refractivity contribution in [2.45, 2.75) is 44.1 Å². The van der Waals surface area contributed by atoms with Gasteiger partial charge in [-0.15, -0.1) is 0 Å². The van der Waals surface area contributed by atoms with Crippen molar-refractivity contribution in [1.82, 2.24) is 15.8 Å². The molecule has 25 heavy (non-hydrogen) atoms. The number of fused-ring (bicyclic) bond motifs is 1. The van der Waals surface area contributed by atoms with Crippen molar-refractivity contribution < 1.29 is 19.1 Å². The van der Waals surface area contributed by atoms with Gasteiger partial charge < -0.3 is 15.2 Å². The number of methoxy groups -OCH3 is 1. The second-order valence-electron chi connectivity index (χ2n) is 6.45. The smallest absolute Gasteiger partial charge is 0.273 e. The fraction of sp³-hybridized carbons (Fsp3) is 0.588. The molecule has 0 radical (unpaired) electrons. The van der Waals surface area contributed by atoms with Crippen LogP contribution in [-0.2, 0) is 27.1 Å². The van der Waals surface area contributed by atoms with Gasteiger partial charge >= 0.3 is 0 Å². The summed E-state index contributed by atoms with van der Waals surface area (Å²) in [6.45, 7) is 0.883. The molecule has 1 aliphatic carbocycles. The number of hydrogen-bond acceptors (Lipinski definition) is 6. The first-order valence-electron chi connectivity index (χ1n) is 8.58. The predicted octanol–water partition coefficient (Wildman–Crippen LogP) is 0.499. The summed E-state index contributed by atoms with van der Waals surface area (Å²) in [6.07, 6.45) is 4.82. The van der Waals surface area contributed by atoms with E-state index in [9.17, 15) is 9.59 Å². The Bertz CT molecular complexity index is 671. The molecule has 1 aromatic heterocycles. The van der Waals surface area contributed by atoms with E-state index < -0.39 is 17.4 Å². The summed E-state index contributed by atoms with van der Waals surface area (Å²) in [5.41, 5.74) is 12.1. The number of aromatic nitrogens is 1. The normalized spacial score (nSPS) is 18.9. The van der Waals surface area contributed by atoms with Gasteiger partial charge in [0, 0.05) is 38.9 Å². The molecule has 0 bridgehead atoms. The molecule has 0 atom stereocenters. The molecule has 136 valence electrons. The highest BCUT2D eigenvalue weighted by Gasteiger charge is 2.40. The number of ether oxygens (including phenoxy) is 2. The van der Waals surface area contributed by atoms with Gasteiger partial charge in [0.1, 0.15) is 5.82 Å². The molecule has 2 aliphatic rings. The van der Waals surface area contributed by atoms with Crippen LogP contribution in [0.1, 0.15) is 47.3 Å². The maximum absolute atomic E-state index is 12.5. The van der Waals surface area contributed by atoms with Crippen molar-refractivity contribution in [3.8, 4) is 0 Å². The minimum absolute atomic E-state index is 0.180. The first-order valence-corrected chi connectivity index (χ1v) is 8.58. The molecule has 4 N–H and O–H groups in total. The molecule has 0 unspecified atom stereocenters. The summed E-state index contributed by atoms with van der Waals surface area (Å²) in [5.74, 6) is -0.693. The van der Waals surface area contributed by atoms with Crippen molar-refractivity contribution >= 4 is 17.6 Å². The van der Waals surface area contributed by atoms with Gasteiger partial charge in [-0.2, -0.15) is 0 Å². The van der Waals surface area contributed by atoms with Crippen LogP contribution in [0.5, 0.6) is 0 Å². The zero-order valence-corrected chi connectivity index (χ0v) is 14.4. The summed E-state index contributed by atoms with van der Waals surface area (Å²) in [4.78, 5) is 29.2. The molecular formula is C17H24N4O4. The SMILES string of the molecule is COC1(C(=O)NNC(=O)c2cc3c(nc2N)CCCC3)CCOCC1. The van der Waals surface area contributed by atoms with E-state index in [2.05, 4.69) is 15.8 Å². The lowest BCUT2D eigenvalue weighted by atomic mass is 9.93. The molecule has 1 saturated heterocycles. The number of nitrogens with one attached hydrogen (secondary N) is 2. The molecule has 3 rings (SSSR count). The van der Waals surface area contributed by atoms with Gasteiger partial charge in [0.05, 0.1) is 5.56 Å². The van der Waals surface area contributed by atoms with Crippen molar-refractivity contribution in [3.63, 3.8) is 0 Å². The zero-order valence-electron chi connectivity index (χ0n) is 14.4. The monoisotopic (exact) mass is 348 g/mol. The molecule has 1 aromatic rings. The zero-order chi connectivity index (χ0) is 17.9. The summed E-state index contributed by atoms with van der Waals surface area (Å²) in [7, 11) is 1.48. The van der Waals surface area contributed by atoms with E-state index in [1.165, 1.54) is 7.11 Å². The highest BCUT2D eigenvalue weighted by molar-refractivity contribution is 6.00. The van der Waals surface area contributed by atoms with Crippen LogP contribution in [0.4, 0.5) is 5.82 Å². The number of nitrogens with zero attached hydrogens (tertiary/aromatic N) is 1. The van der Waals surface area contributed by atoms with Crippen molar-refractivity contribution in [2.75, 3.05) is 26.1 Å². The maximum Gasteiger partial charge on any atom is 0.273 e. The number of carbonyl (C=O) groups is 2. The van der Waals surface area contributed by atoms with Crippen molar-refractivity contribution in [3.05, 3.63) is 22.9 Å². The van der Waals surface area contributed by atoms with Crippen LogP contribution in [0.3, 0.4) is 0 Å². The van der Waals surface area contributed by atoms with E-state index >= 15 is 0 Å². The van der Waals surface area contributed by atoms with E-state index in [1.54, 1.807) is 6.07 Å². The molecule has 0 saturated carbocycles. The Morgan fingerprint density at radius 3 is 2.68 bits per heavy atom. The fourth-order valence-electron chi connectivity index (χ4n) is 3.35. The van der Waals surface area contributed by atoms with Crippen LogP contribution in [0.25, 0.3) is 0 Å². The average molecular weight is 348 g/mol. The van der Waals surface area contributed by atoms with E-state index in [0.29, 0.717) is 26.1 Å². The standard InChI is InChI=1S/C17H24N4O4/c1-24-17(6-8-25-9-7-17)16(23)21-20-15(22)12-10-11-4-2-3-5-13(11)19-14(12)18/h10H,2-9H2,1H3,(H2,18,19)(H,20,22)(H,21,23). The number of anilines is 1. The average Bonchev–Trinajstić information content (AvgIpc) is 2.65. The summed E-state index contributed by atoms with van der Waals surface area (Å²) in [6, 6.07) is 1.78. The van der Waals surface area contributed by atoms with Crippen LogP contribution in [-0.4, -0.2) is 42.7 Å². The van der Waals surface area contributed by atoms with E-state index in [1.807, 2.05) is 0 Å². The third-order valence-electron chi connectivity index (χ3n) is 4.97. The maximum atomic E-state index is 12.5. The predicted molar refractivity (Wildman–Crippen MR) is 90.7 cm³/mol. The number of nitrogens with two attached hydrogens (primary N) is 1. The molecule has 0 spiro atoms. The number of aryl methyl sites for hydroxylation is 2. The largest absolute Gasteiger partial charge is 0.383 e. The Balaban J connectivity index is 1.67. The molecule has 8 nitrogen and oxygen atoms in total. The van der Waals surface area contributed by atoms with Gasteiger partial charge in [0.2, 0.25) is 0 Å². The van der Waals surface area contributed by atoms with Crippen molar-refractivity contribution in [2.24, 2.45) is 0 Å². The number of amides is 2. The van der Waals surface area contributed by atoms with E-state index in [4.69, 9.17) is 15.2 Å². The molecule has 1 fully saturated rings. The fourth-order valence-corrected chi connectivity index (χ4v) is 3.35. The Kier molecular flexibility index (Phi) is 5.19. The summed E-state index contributed by atoms with van der Waals surface area (Å²) < 4.78 is 10.7.